The van der Waals surface area contributed by atoms with Crippen molar-refractivity contribution < 1.29 is 9.53 Å². The van der Waals surface area contributed by atoms with Crippen molar-refractivity contribution in [1.82, 2.24) is 20.1 Å². The van der Waals surface area contributed by atoms with E-state index < -0.39 is 0 Å². The zero-order valence-electron chi connectivity index (χ0n) is 14.9. The molecule has 1 aromatic carbocycles. The highest BCUT2D eigenvalue weighted by Crippen LogP contribution is 2.21. The van der Waals surface area contributed by atoms with Crippen LogP contribution in [0.2, 0.25) is 0 Å². The van der Waals surface area contributed by atoms with Crippen LogP contribution in [0.3, 0.4) is 0 Å². The lowest BCUT2D eigenvalue weighted by molar-refractivity contribution is -0.140. The van der Waals surface area contributed by atoms with Crippen molar-refractivity contribution in [3.8, 4) is 11.4 Å². The molecule has 1 amide bonds. The van der Waals surface area contributed by atoms with Crippen molar-refractivity contribution in [3.63, 3.8) is 0 Å². The van der Waals surface area contributed by atoms with E-state index >= 15 is 0 Å². The molecule has 2 aromatic rings. The average Bonchev–Trinajstić information content (AvgIpc) is 3.08. The van der Waals surface area contributed by atoms with Crippen molar-refractivity contribution in [1.29, 1.82) is 0 Å². The summed E-state index contributed by atoms with van der Waals surface area (Å²) < 4.78 is 5.67. The first-order chi connectivity index (χ1) is 12.0. The number of benzene rings is 1. The number of aromatic nitrogens is 3. The smallest absolute Gasteiger partial charge is 0.233 e. The third kappa shape index (κ3) is 4.61. The first-order valence-electron chi connectivity index (χ1n) is 8.63. The molecule has 0 bridgehead atoms. The van der Waals surface area contributed by atoms with Crippen LogP contribution >= 0.6 is 11.8 Å². The zero-order valence-corrected chi connectivity index (χ0v) is 15.7. The minimum absolute atomic E-state index is 0.0823. The number of nitrogens with one attached hydrogen (secondary N) is 1. The maximum absolute atomic E-state index is 12.4. The Balaban J connectivity index is 1.57. The molecule has 0 saturated carbocycles. The van der Waals surface area contributed by atoms with Crippen LogP contribution in [-0.4, -0.2) is 57.0 Å². The number of carbonyl (C=O) groups excluding carboxylic acids is 1. The fraction of sp³-hybridized carbons (Fsp3) is 0.500. The number of carbonyl (C=O) groups is 1. The summed E-state index contributed by atoms with van der Waals surface area (Å²) in [5.74, 6) is 1.17. The molecule has 3 rings (SSSR count). The number of rotatable bonds is 5. The minimum atomic E-state index is 0.0823. The van der Waals surface area contributed by atoms with Crippen molar-refractivity contribution in [2.24, 2.45) is 0 Å². The zero-order chi connectivity index (χ0) is 17.8. The summed E-state index contributed by atoms with van der Waals surface area (Å²) in [5.41, 5.74) is 2.29. The van der Waals surface area contributed by atoms with Crippen LogP contribution in [0.4, 0.5) is 0 Å². The van der Waals surface area contributed by atoms with Crippen LogP contribution in [0.25, 0.3) is 11.4 Å². The van der Waals surface area contributed by atoms with E-state index in [9.17, 15) is 4.79 Å². The Morgan fingerprint density at radius 1 is 1.28 bits per heavy atom. The van der Waals surface area contributed by atoms with Gasteiger partial charge in [-0.3, -0.25) is 9.89 Å². The number of hydrogen-bond acceptors (Lipinski definition) is 5. The molecule has 6 nitrogen and oxygen atoms in total. The van der Waals surface area contributed by atoms with E-state index in [1.54, 1.807) is 0 Å². The van der Waals surface area contributed by atoms with E-state index in [2.05, 4.69) is 34.2 Å². The third-order valence-corrected chi connectivity index (χ3v) is 5.03. The fourth-order valence-electron chi connectivity index (χ4n) is 2.94. The van der Waals surface area contributed by atoms with Gasteiger partial charge >= 0.3 is 0 Å². The first-order valence-corrected chi connectivity index (χ1v) is 9.61. The molecule has 2 atom stereocenters. The predicted molar refractivity (Wildman–Crippen MR) is 98.5 cm³/mol. The maximum Gasteiger partial charge on any atom is 0.233 e. The lowest BCUT2D eigenvalue weighted by Gasteiger charge is -2.35. The van der Waals surface area contributed by atoms with Gasteiger partial charge < -0.3 is 9.64 Å². The molecule has 0 spiro atoms. The van der Waals surface area contributed by atoms with E-state index in [0.29, 0.717) is 24.0 Å². The topological polar surface area (TPSA) is 71.1 Å². The Kier molecular flexibility index (Phi) is 5.75. The molecule has 1 saturated heterocycles. The molecule has 25 heavy (non-hydrogen) atoms. The van der Waals surface area contributed by atoms with Crippen LogP contribution in [0.1, 0.15) is 26.3 Å². The van der Waals surface area contributed by atoms with Crippen LogP contribution in [0, 0.1) is 0 Å². The largest absolute Gasteiger partial charge is 0.372 e. The van der Waals surface area contributed by atoms with Crippen molar-refractivity contribution in [3.05, 3.63) is 29.8 Å². The second-order valence-corrected chi connectivity index (χ2v) is 7.30. The molecule has 1 aromatic heterocycles. The Bertz CT molecular complexity index is 706. The Morgan fingerprint density at radius 2 is 1.96 bits per heavy atom. The van der Waals surface area contributed by atoms with E-state index in [0.717, 1.165) is 17.8 Å². The Hall–Kier alpha value is -1.86. The van der Waals surface area contributed by atoms with E-state index in [1.807, 2.05) is 30.9 Å². The van der Waals surface area contributed by atoms with E-state index in [1.165, 1.54) is 17.3 Å². The van der Waals surface area contributed by atoms with Crippen LogP contribution in [-0.2, 0) is 16.0 Å². The summed E-state index contributed by atoms with van der Waals surface area (Å²) in [5, 5.41) is 7.76. The molecule has 0 unspecified atom stereocenters. The number of amides is 1. The van der Waals surface area contributed by atoms with Gasteiger partial charge in [0.2, 0.25) is 11.1 Å². The SMILES string of the molecule is CCc1ccc(-c2nc(SCC(=O)N3C[C@@H](C)O[C@H](C)C3)n[nH]2)cc1. The second kappa shape index (κ2) is 8.01. The van der Waals surface area contributed by atoms with Gasteiger partial charge in [0.25, 0.3) is 0 Å². The molecule has 1 aliphatic heterocycles. The van der Waals surface area contributed by atoms with Gasteiger partial charge in [-0.15, -0.1) is 5.10 Å². The van der Waals surface area contributed by atoms with Gasteiger partial charge in [0, 0.05) is 18.7 Å². The third-order valence-electron chi connectivity index (χ3n) is 4.20. The lowest BCUT2D eigenvalue weighted by Crippen LogP contribution is -2.48. The molecule has 0 aliphatic carbocycles. The molecule has 2 heterocycles. The highest BCUT2D eigenvalue weighted by Gasteiger charge is 2.25. The van der Waals surface area contributed by atoms with Gasteiger partial charge in [0.1, 0.15) is 0 Å². The summed E-state index contributed by atoms with van der Waals surface area (Å²) in [6, 6.07) is 8.26. The molecule has 1 fully saturated rings. The van der Waals surface area contributed by atoms with Crippen LogP contribution in [0.15, 0.2) is 29.4 Å². The van der Waals surface area contributed by atoms with Gasteiger partial charge in [0.05, 0.1) is 18.0 Å². The van der Waals surface area contributed by atoms with Gasteiger partial charge in [-0.05, 0) is 25.8 Å². The number of morpholine rings is 1. The quantitative estimate of drug-likeness (QED) is 0.830. The second-order valence-electron chi connectivity index (χ2n) is 6.36. The summed E-state index contributed by atoms with van der Waals surface area (Å²) in [6.07, 6.45) is 1.18. The predicted octanol–water partition coefficient (Wildman–Crippen LogP) is 2.76. The standard InChI is InChI=1S/C18H24N4O2S/c1-4-14-5-7-15(8-6-14)17-19-18(21-20-17)25-11-16(23)22-9-12(2)24-13(3)10-22/h5-8,12-13H,4,9-11H2,1-3H3,(H,19,20,21)/t12-,13-/m1/s1. The highest BCUT2D eigenvalue weighted by atomic mass is 32.2. The maximum atomic E-state index is 12.4. The highest BCUT2D eigenvalue weighted by molar-refractivity contribution is 7.99. The molecule has 1 aliphatic rings. The molecular formula is C18H24N4O2S. The number of ether oxygens (including phenoxy) is 1. The summed E-state index contributed by atoms with van der Waals surface area (Å²) in [7, 11) is 0. The van der Waals surface area contributed by atoms with Gasteiger partial charge in [-0.25, -0.2) is 4.98 Å². The molecule has 0 radical (unpaired) electrons. The number of H-pyrrole nitrogens is 1. The normalized spacial score (nSPS) is 20.7. The number of aryl methyl sites for hydroxylation is 1. The molecule has 1 N–H and O–H groups in total. The van der Waals surface area contributed by atoms with E-state index in [4.69, 9.17) is 4.74 Å². The van der Waals surface area contributed by atoms with Crippen LogP contribution < -0.4 is 0 Å². The van der Waals surface area contributed by atoms with Crippen molar-refractivity contribution in [2.75, 3.05) is 18.8 Å². The fourth-order valence-corrected chi connectivity index (χ4v) is 3.64. The Labute approximate surface area is 152 Å². The molecule has 7 heteroatoms. The summed E-state index contributed by atoms with van der Waals surface area (Å²) in [4.78, 5) is 18.7. The summed E-state index contributed by atoms with van der Waals surface area (Å²) in [6.45, 7) is 7.41. The number of thioether (sulfide) groups is 1. The monoisotopic (exact) mass is 360 g/mol. The lowest BCUT2D eigenvalue weighted by atomic mass is 10.1. The first kappa shape index (κ1) is 17.9. The minimum Gasteiger partial charge on any atom is -0.372 e. The van der Waals surface area contributed by atoms with Crippen molar-refractivity contribution >= 4 is 17.7 Å². The Morgan fingerprint density at radius 3 is 2.60 bits per heavy atom. The van der Waals surface area contributed by atoms with Gasteiger partial charge in [0.15, 0.2) is 5.82 Å². The number of aromatic amines is 1. The molecular weight excluding hydrogens is 336 g/mol. The number of hydrogen-bond donors (Lipinski definition) is 1. The average molecular weight is 360 g/mol. The molecule has 134 valence electrons. The van der Waals surface area contributed by atoms with Gasteiger partial charge in [-0.2, -0.15) is 0 Å². The van der Waals surface area contributed by atoms with E-state index in [-0.39, 0.29) is 18.1 Å². The number of nitrogens with zero attached hydrogens (tertiary/aromatic N) is 3. The van der Waals surface area contributed by atoms with Crippen LogP contribution in [0.5, 0.6) is 0 Å². The van der Waals surface area contributed by atoms with Gasteiger partial charge in [-0.1, -0.05) is 43.0 Å². The summed E-state index contributed by atoms with van der Waals surface area (Å²) >= 11 is 1.36. The van der Waals surface area contributed by atoms with Crippen molar-refractivity contribution in [2.45, 2.75) is 44.6 Å².